The number of hydrogen-bond donors (Lipinski definition) is 1. The summed E-state index contributed by atoms with van der Waals surface area (Å²) in [6.45, 7) is 5.17. The second-order valence-corrected chi connectivity index (χ2v) is 8.07. The summed E-state index contributed by atoms with van der Waals surface area (Å²) < 4.78 is 14.1. The van der Waals surface area contributed by atoms with Gasteiger partial charge in [0.05, 0.1) is 21.8 Å². The highest BCUT2D eigenvalue weighted by molar-refractivity contribution is 7.22. The number of fused-ring (bicyclic) bond motifs is 1. The molecule has 1 aromatic carbocycles. The van der Waals surface area contributed by atoms with E-state index in [9.17, 15) is 9.18 Å². The molecular weight excluding hydrogens is 347 g/mol. The van der Waals surface area contributed by atoms with Crippen molar-refractivity contribution in [1.82, 2.24) is 9.97 Å². The molecule has 0 bridgehead atoms. The smallest absolute Gasteiger partial charge is 0.232 e. The number of nitrogens with zero attached hydrogens (tertiary/aromatic N) is 3. The lowest BCUT2D eigenvalue weighted by molar-refractivity contribution is -0.120. The van der Waals surface area contributed by atoms with Gasteiger partial charge in [-0.3, -0.25) is 4.79 Å². The molecule has 3 aromatic rings. The molecule has 1 saturated heterocycles. The quantitative estimate of drug-likeness (QED) is 0.774. The van der Waals surface area contributed by atoms with E-state index in [0.717, 1.165) is 25.9 Å². The van der Waals surface area contributed by atoms with Crippen LogP contribution in [0.25, 0.3) is 10.2 Å². The van der Waals surface area contributed by atoms with Crippen molar-refractivity contribution in [3.8, 4) is 0 Å². The van der Waals surface area contributed by atoms with Gasteiger partial charge in [0.1, 0.15) is 5.82 Å². The largest absolute Gasteiger partial charge is 0.346 e. The Bertz CT molecular complexity index is 910. The molecule has 0 saturated carbocycles. The highest BCUT2D eigenvalue weighted by Crippen LogP contribution is 2.33. The van der Waals surface area contributed by atoms with Gasteiger partial charge < -0.3 is 10.2 Å². The first-order valence-electron chi connectivity index (χ1n) is 7.55. The van der Waals surface area contributed by atoms with Crippen molar-refractivity contribution in [1.29, 1.82) is 0 Å². The fourth-order valence-corrected chi connectivity index (χ4v) is 4.38. The van der Waals surface area contributed by atoms with Crippen LogP contribution in [0.3, 0.4) is 0 Å². The average molecular weight is 362 g/mol. The van der Waals surface area contributed by atoms with Gasteiger partial charge in [-0.15, -0.1) is 11.3 Å². The number of amides is 1. The van der Waals surface area contributed by atoms with E-state index in [1.165, 1.54) is 34.8 Å². The normalized spacial score (nSPS) is 14.9. The van der Waals surface area contributed by atoms with E-state index < -0.39 is 0 Å². The van der Waals surface area contributed by atoms with Crippen molar-refractivity contribution in [2.75, 3.05) is 23.3 Å². The van der Waals surface area contributed by atoms with Gasteiger partial charge in [0.15, 0.2) is 10.3 Å². The number of thiazole rings is 2. The molecular formula is C16H15FN4OS2. The van der Waals surface area contributed by atoms with Crippen LogP contribution in [0, 0.1) is 25.6 Å². The summed E-state index contributed by atoms with van der Waals surface area (Å²) >= 11 is 2.94. The lowest BCUT2D eigenvalue weighted by Gasteiger charge is -2.37. The third kappa shape index (κ3) is 2.76. The molecule has 3 heterocycles. The number of nitrogens with one attached hydrogen (secondary N) is 1. The van der Waals surface area contributed by atoms with Crippen molar-refractivity contribution < 1.29 is 9.18 Å². The molecule has 124 valence electrons. The van der Waals surface area contributed by atoms with E-state index in [1.54, 1.807) is 6.07 Å². The number of aryl methyl sites for hydroxylation is 2. The number of aromatic nitrogens is 2. The maximum absolute atomic E-state index is 13.3. The zero-order valence-electron chi connectivity index (χ0n) is 13.2. The van der Waals surface area contributed by atoms with E-state index in [4.69, 9.17) is 0 Å². The Labute approximate surface area is 146 Å². The summed E-state index contributed by atoms with van der Waals surface area (Å²) in [5.41, 5.74) is 1.74. The van der Waals surface area contributed by atoms with Crippen LogP contribution in [0.2, 0.25) is 0 Å². The maximum atomic E-state index is 13.3. The Morgan fingerprint density at radius 2 is 2.08 bits per heavy atom. The fraction of sp³-hybridized carbons (Fsp3) is 0.312. The van der Waals surface area contributed by atoms with Crippen LogP contribution in [-0.4, -0.2) is 29.0 Å². The highest BCUT2D eigenvalue weighted by atomic mass is 32.1. The Morgan fingerprint density at radius 1 is 1.29 bits per heavy atom. The molecule has 1 aliphatic rings. The van der Waals surface area contributed by atoms with Crippen LogP contribution in [0.4, 0.5) is 14.7 Å². The van der Waals surface area contributed by atoms with Gasteiger partial charge in [-0.05, 0) is 32.0 Å². The maximum Gasteiger partial charge on any atom is 0.232 e. The summed E-state index contributed by atoms with van der Waals surface area (Å²) in [5.74, 6) is -0.335. The van der Waals surface area contributed by atoms with Crippen LogP contribution in [0.15, 0.2) is 18.2 Å². The first-order valence-corrected chi connectivity index (χ1v) is 9.19. The number of carbonyl (C=O) groups is 1. The Hall–Kier alpha value is -2.06. The van der Waals surface area contributed by atoms with Gasteiger partial charge in [-0.25, -0.2) is 14.4 Å². The van der Waals surface area contributed by atoms with Gasteiger partial charge in [0, 0.05) is 18.0 Å². The van der Waals surface area contributed by atoms with Gasteiger partial charge >= 0.3 is 0 Å². The lowest BCUT2D eigenvalue weighted by Crippen LogP contribution is -2.52. The first-order chi connectivity index (χ1) is 11.5. The second kappa shape index (κ2) is 5.78. The molecule has 1 aliphatic heterocycles. The van der Waals surface area contributed by atoms with Crippen LogP contribution in [0.1, 0.15) is 10.6 Å². The number of halogens is 1. The molecule has 0 aliphatic carbocycles. The summed E-state index contributed by atoms with van der Waals surface area (Å²) in [5, 5.41) is 4.38. The highest BCUT2D eigenvalue weighted by Gasteiger charge is 2.34. The van der Waals surface area contributed by atoms with Crippen LogP contribution < -0.4 is 10.2 Å². The Balaban J connectivity index is 1.40. The molecule has 0 unspecified atom stereocenters. The molecule has 8 heteroatoms. The summed E-state index contributed by atoms with van der Waals surface area (Å²) in [6.07, 6.45) is 0. The van der Waals surface area contributed by atoms with E-state index in [1.807, 2.05) is 18.7 Å². The number of rotatable bonds is 3. The van der Waals surface area contributed by atoms with Crippen molar-refractivity contribution in [2.24, 2.45) is 5.92 Å². The number of hydrogen-bond acceptors (Lipinski definition) is 6. The summed E-state index contributed by atoms with van der Waals surface area (Å²) in [6, 6.07) is 4.59. The minimum Gasteiger partial charge on any atom is -0.346 e. The average Bonchev–Trinajstić information content (AvgIpc) is 3.00. The Kier molecular flexibility index (Phi) is 3.73. The molecule has 0 spiro atoms. The second-order valence-electron chi connectivity index (χ2n) is 5.86. The van der Waals surface area contributed by atoms with Gasteiger partial charge in [0.2, 0.25) is 5.91 Å². The van der Waals surface area contributed by atoms with Gasteiger partial charge in [0.25, 0.3) is 0 Å². The predicted octanol–water partition coefficient (Wildman–Crippen LogP) is 3.58. The predicted molar refractivity (Wildman–Crippen MR) is 95.5 cm³/mol. The molecule has 1 fully saturated rings. The van der Waals surface area contributed by atoms with Crippen molar-refractivity contribution in [2.45, 2.75) is 13.8 Å². The van der Waals surface area contributed by atoms with Crippen LogP contribution >= 0.6 is 22.7 Å². The third-order valence-corrected chi connectivity index (χ3v) is 6.19. The van der Waals surface area contributed by atoms with Gasteiger partial charge in [-0.2, -0.15) is 0 Å². The number of anilines is 2. The minimum absolute atomic E-state index is 0.00726. The van der Waals surface area contributed by atoms with Crippen LogP contribution in [-0.2, 0) is 4.79 Å². The topological polar surface area (TPSA) is 58.1 Å². The number of benzene rings is 1. The molecule has 5 nitrogen and oxygen atoms in total. The van der Waals surface area contributed by atoms with E-state index in [-0.39, 0.29) is 17.6 Å². The zero-order valence-corrected chi connectivity index (χ0v) is 14.8. The third-order valence-electron chi connectivity index (χ3n) is 4.12. The van der Waals surface area contributed by atoms with Crippen molar-refractivity contribution >= 4 is 49.1 Å². The lowest BCUT2D eigenvalue weighted by atomic mass is 10.0. The first kappa shape index (κ1) is 15.5. The molecule has 24 heavy (non-hydrogen) atoms. The molecule has 1 amide bonds. The zero-order chi connectivity index (χ0) is 16.8. The SMILES string of the molecule is Cc1nc(NC(=O)C2CN(c3nc4ccc(F)cc4s3)C2)sc1C. The van der Waals surface area contributed by atoms with Crippen LogP contribution in [0.5, 0.6) is 0 Å². The summed E-state index contributed by atoms with van der Waals surface area (Å²) in [7, 11) is 0. The minimum atomic E-state index is -0.257. The molecule has 4 rings (SSSR count). The van der Waals surface area contributed by atoms with Crippen molar-refractivity contribution in [3.63, 3.8) is 0 Å². The van der Waals surface area contributed by atoms with E-state index in [2.05, 4.69) is 15.3 Å². The van der Waals surface area contributed by atoms with Gasteiger partial charge in [-0.1, -0.05) is 11.3 Å². The standard InChI is InChI=1S/C16H15FN4OS2/c1-8-9(2)23-15(18-8)20-14(22)10-6-21(7-10)16-19-12-4-3-11(17)5-13(12)24-16/h3-5,10H,6-7H2,1-2H3,(H,18,20,22). The molecule has 0 radical (unpaired) electrons. The molecule has 0 atom stereocenters. The molecule has 2 aromatic heterocycles. The van der Waals surface area contributed by atoms with Crippen molar-refractivity contribution in [3.05, 3.63) is 34.6 Å². The van der Waals surface area contributed by atoms with E-state index in [0.29, 0.717) is 18.2 Å². The Morgan fingerprint density at radius 3 is 2.79 bits per heavy atom. The monoisotopic (exact) mass is 362 g/mol. The molecule has 1 N–H and O–H groups in total. The van der Waals surface area contributed by atoms with E-state index >= 15 is 0 Å². The number of carbonyl (C=O) groups excluding carboxylic acids is 1. The fourth-order valence-electron chi connectivity index (χ4n) is 2.56. The summed E-state index contributed by atoms with van der Waals surface area (Å²) in [4.78, 5) is 24.3.